The zero-order chi connectivity index (χ0) is 16.2. The Labute approximate surface area is 128 Å². The van der Waals surface area contributed by atoms with E-state index in [0.717, 1.165) is 11.8 Å². The van der Waals surface area contributed by atoms with Gasteiger partial charge in [-0.3, -0.25) is 4.79 Å². The van der Waals surface area contributed by atoms with Crippen LogP contribution in [-0.4, -0.2) is 30.8 Å². The van der Waals surface area contributed by atoms with E-state index in [-0.39, 0.29) is 11.8 Å². The van der Waals surface area contributed by atoms with Gasteiger partial charge in [0, 0.05) is 12.3 Å². The molecule has 0 bridgehead atoms. The van der Waals surface area contributed by atoms with Crippen molar-refractivity contribution in [3.8, 4) is 0 Å². The zero-order valence-electron chi connectivity index (χ0n) is 12.1. The second-order valence-electron chi connectivity index (χ2n) is 4.65. The van der Waals surface area contributed by atoms with Crippen LogP contribution in [-0.2, 0) is 14.6 Å². The lowest BCUT2D eigenvalue weighted by atomic mass is 10.2. The number of carbonyl (C=O) groups is 1. The highest BCUT2D eigenvalue weighted by atomic mass is 32.2. The molecule has 1 amide bonds. The first-order valence-electron chi connectivity index (χ1n) is 6.43. The standard InChI is InChI=1S/C14H15N3O4S/c1-10(13-16-17-14(21-13)22(2,19)20)15-12(18)9-8-11-6-4-3-5-7-11/h3-10H,1-2H3,(H,15,18)/b9-8+/t10-/m0/s1. The van der Waals surface area contributed by atoms with Gasteiger partial charge in [-0.2, -0.15) is 0 Å². The summed E-state index contributed by atoms with van der Waals surface area (Å²) >= 11 is 0. The molecule has 0 fully saturated rings. The second-order valence-corrected chi connectivity index (χ2v) is 6.55. The van der Waals surface area contributed by atoms with Crippen molar-refractivity contribution in [3.05, 3.63) is 47.9 Å². The Hall–Kier alpha value is -2.48. The highest BCUT2D eigenvalue weighted by Crippen LogP contribution is 2.13. The zero-order valence-corrected chi connectivity index (χ0v) is 12.9. The van der Waals surface area contributed by atoms with E-state index in [1.807, 2.05) is 30.3 Å². The van der Waals surface area contributed by atoms with Gasteiger partial charge in [0.2, 0.25) is 21.6 Å². The Morgan fingerprint density at radius 2 is 1.95 bits per heavy atom. The number of aromatic nitrogens is 2. The average Bonchev–Trinajstić information content (AvgIpc) is 2.96. The Morgan fingerprint density at radius 1 is 1.27 bits per heavy atom. The van der Waals surface area contributed by atoms with Crippen molar-refractivity contribution in [1.29, 1.82) is 0 Å². The molecule has 0 saturated carbocycles. The molecule has 0 aliphatic carbocycles. The molecule has 0 spiro atoms. The molecule has 0 aliphatic heterocycles. The second kappa shape index (κ2) is 6.52. The van der Waals surface area contributed by atoms with Gasteiger partial charge in [0.1, 0.15) is 6.04 Å². The van der Waals surface area contributed by atoms with Gasteiger partial charge in [-0.15, -0.1) is 5.10 Å². The van der Waals surface area contributed by atoms with Crippen LogP contribution in [0.1, 0.15) is 24.4 Å². The first kappa shape index (κ1) is 15.9. The van der Waals surface area contributed by atoms with Crippen molar-refractivity contribution < 1.29 is 17.6 Å². The number of nitrogens with zero attached hydrogens (tertiary/aromatic N) is 2. The van der Waals surface area contributed by atoms with Crippen LogP contribution < -0.4 is 5.32 Å². The monoisotopic (exact) mass is 321 g/mol. The van der Waals surface area contributed by atoms with Crippen molar-refractivity contribution in [1.82, 2.24) is 15.5 Å². The molecular weight excluding hydrogens is 306 g/mol. The van der Waals surface area contributed by atoms with E-state index in [1.165, 1.54) is 6.08 Å². The lowest BCUT2D eigenvalue weighted by molar-refractivity contribution is -0.117. The number of rotatable bonds is 5. The highest BCUT2D eigenvalue weighted by Gasteiger charge is 2.20. The van der Waals surface area contributed by atoms with Gasteiger partial charge >= 0.3 is 5.22 Å². The van der Waals surface area contributed by atoms with Gasteiger partial charge in [-0.05, 0) is 18.6 Å². The maximum Gasteiger partial charge on any atom is 0.335 e. The molecule has 0 aliphatic rings. The Morgan fingerprint density at radius 3 is 2.55 bits per heavy atom. The molecule has 1 aromatic carbocycles. The topological polar surface area (TPSA) is 102 Å². The fourth-order valence-electron chi connectivity index (χ4n) is 1.60. The summed E-state index contributed by atoms with van der Waals surface area (Å²) in [4.78, 5) is 11.8. The summed E-state index contributed by atoms with van der Waals surface area (Å²) in [5.41, 5.74) is 0.891. The minimum Gasteiger partial charge on any atom is -0.410 e. The van der Waals surface area contributed by atoms with E-state index in [4.69, 9.17) is 4.42 Å². The van der Waals surface area contributed by atoms with Crippen LogP contribution in [0.25, 0.3) is 6.08 Å². The predicted octanol–water partition coefficient (Wildman–Crippen LogP) is 1.36. The van der Waals surface area contributed by atoms with Gasteiger partial charge in [-0.1, -0.05) is 35.4 Å². The highest BCUT2D eigenvalue weighted by molar-refractivity contribution is 7.90. The van der Waals surface area contributed by atoms with Crippen LogP contribution in [0.4, 0.5) is 0 Å². The molecule has 0 unspecified atom stereocenters. The number of benzene rings is 1. The summed E-state index contributed by atoms with van der Waals surface area (Å²) in [5.74, 6) is -0.322. The van der Waals surface area contributed by atoms with Crippen molar-refractivity contribution in [3.63, 3.8) is 0 Å². The maximum atomic E-state index is 11.8. The number of hydrogen-bond donors (Lipinski definition) is 1. The molecule has 2 aromatic rings. The Kier molecular flexibility index (Phi) is 4.71. The van der Waals surface area contributed by atoms with Gasteiger partial charge in [0.05, 0.1) is 0 Å². The molecule has 0 saturated heterocycles. The van der Waals surface area contributed by atoms with Crippen LogP contribution in [0.5, 0.6) is 0 Å². The van der Waals surface area contributed by atoms with Gasteiger partial charge in [0.25, 0.3) is 0 Å². The SMILES string of the molecule is C[C@H](NC(=O)/C=C/c1ccccc1)c1nnc(S(C)(=O)=O)o1. The number of hydrogen-bond acceptors (Lipinski definition) is 6. The van der Waals surface area contributed by atoms with Gasteiger partial charge in [0.15, 0.2) is 0 Å². The van der Waals surface area contributed by atoms with Gasteiger partial charge < -0.3 is 9.73 Å². The number of sulfone groups is 1. The normalized spacial score (nSPS) is 13.2. The number of nitrogens with one attached hydrogen (secondary N) is 1. The third-order valence-electron chi connectivity index (χ3n) is 2.70. The fraction of sp³-hybridized carbons (Fsp3) is 0.214. The number of amides is 1. The number of carbonyl (C=O) groups excluding carboxylic acids is 1. The van der Waals surface area contributed by atoms with Crippen LogP contribution in [0, 0.1) is 0 Å². The minimum atomic E-state index is -3.56. The molecule has 116 valence electrons. The first-order valence-corrected chi connectivity index (χ1v) is 8.32. The van der Waals surface area contributed by atoms with E-state index in [0.29, 0.717) is 0 Å². The summed E-state index contributed by atoms with van der Waals surface area (Å²) in [5, 5.41) is 9.20. The molecule has 0 radical (unpaired) electrons. The maximum absolute atomic E-state index is 11.8. The predicted molar refractivity (Wildman–Crippen MR) is 79.4 cm³/mol. The summed E-state index contributed by atoms with van der Waals surface area (Å²) < 4.78 is 27.5. The van der Waals surface area contributed by atoms with Gasteiger partial charge in [-0.25, -0.2) is 8.42 Å². The van der Waals surface area contributed by atoms with E-state index in [9.17, 15) is 13.2 Å². The summed E-state index contributed by atoms with van der Waals surface area (Å²) in [6.45, 7) is 1.62. The average molecular weight is 321 g/mol. The largest absolute Gasteiger partial charge is 0.410 e. The molecule has 1 aromatic heterocycles. The Balaban J connectivity index is 1.99. The molecular formula is C14H15N3O4S. The minimum absolute atomic E-state index is 0.0295. The lowest BCUT2D eigenvalue weighted by Gasteiger charge is -2.07. The van der Waals surface area contributed by atoms with Crippen LogP contribution in [0.15, 0.2) is 46.0 Å². The molecule has 2 rings (SSSR count). The molecule has 1 heterocycles. The lowest BCUT2D eigenvalue weighted by Crippen LogP contribution is -2.24. The van der Waals surface area contributed by atoms with Crippen molar-refractivity contribution in [2.24, 2.45) is 0 Å². The third-order valence-corrected chi connectivity index (χ3v) is 3.49. The molecule has 1 N–H and O–H groups in total. The van der Waals surface area contributed by atoms with E-state index in [2.05, 4.69) is 15.5 Å². The van der Waals surface area contributed by atoms with Crippen molar-refractivity contribution >= 4 is 21.8 Å². The Bertz CT molecular complexity index is 781. The van der Waals surface area contributed by atoms with E-state index in [1.54, 1.807) is 13.0 Å². The molecule has 1 atom stereocenters. The van der Waals surface area contributed by atoms with Crippen LogP contribution in [0.2, 0.25) is 0 Å². The first-order chi connectivity index (χ1) is 10.4. The summed E-state index contributed by atoms with van der Waals surface area (Å²) in [6.07, 6.45) is 4.01. The molecule has 22 heavy (non-hydrogen) atoms. The van der Waals surface area contributed by atoms with Crippen molar-refractivity contribution in [2.45, 2.75) is 18.2 Å². The van der Waals surface area contributed by atoms with E-state index < -0.39 is 21.1 Å². The molecule has 8 heteroatoms. The van der Waals surface area contributed by atoms with Crippen LogP contribution in [0.3, 0.4) is 0 Å². The quantitative estimate of drug-likeness (QED) is 0.834. The summed E-state index contributed by atoms with van der Waals surface area (Å²) in [6, 6.07) is 8.74. The third kappa shape index (κ3) is 4.26. The summed E-state index contributed by atoms with van der Waals surface area (Å²) in [7, 11) is -3.56. The van der Waals surface area contributed by atoms with E-state index >= 15 is 0 Å². The smallest absolute Gasteiger partial charge is 0.335 e. The molecule has 7 nitrogen and oxygen atoms in total. The van der Waals surface area contributed by atoms with Crippen molar-refractivity contribution in [2.75, 3.05) is 6.26 Å². The fourth-order valence-corrected chi connectivity index (χ4v) is 2.03. The van der Waals surface area contributed by atoms with Crippen LogP contribution >= 0.6 is 0 Å².